The first-order chi connectivity index (χ1) is 16.5. The molecule has 2 fully saturated rings. The number of piperidine rings is 2. The van der Waals surface area contributed by atoms with Gasteiger partial charge in [0.05, 0.1) is 5.92 Å². The SMILES string of the molecule is CCCC1CCN(c2ccc(Nc3ccc(CNC(=O)C4CC(=O)NC(=O)C4)cc3)cc2)CC1. The van der Waals surface area contributed by atoms with Gasteiger partial charge in [-0.05, 0) is 60.7 Å². The number of benzene rings is 2. The number of nitrogens with zero attached hydrogens (tertiary/aromatic N) is 1. The molecule has 4 rings (SSSR count). The van der Waals surface area contributed by atoms with E-state index < -0.39 is 17.7 Å². The van der Waals surface area contributed by atoms with Crippen LogP contribution in [0, 0.1) is 11.8 Å². The number of nitrogens with one attached hydrogen (secondary N) is 3. The summed E-state index contributed by atoms with van der Waals surface area (Å²) in [6.07, 6.45) is 5.31. The summed E-state index contributed by atoms with van der Waals surface area (Å²) in [7, 11) is 0. The molecular weight excluding hydrogens is 428 g/mol. The molecule has 0 saturated carbocycles. The van der Waals surface area contributed by atoms with E-state index in [1.165, 1.54) is 31.4 Å². The largest absolute Gasteiger partial charge is 0.372 e. The molecule has 0 unspecified atom stereocenters. The summed E-state index contributed by atoms with van der Waals surface area (Å²) in [6.45, 7) is 4.91. The molecule has 34 heavy (non-hydrogen) atoms. The Balaban J connectivity index is 1.24. The van der Waals surface area contributed by atoms with Gasteiger partial charge in [-0.1, -0.05) is 31.9 Å². The number of hydrogen-bond donors (Lipinski definition) is 3. The van der Waals surface area contributed by atoms with Crippen LogP contribution in [0.3, 0.4) is 0 Å². The molecule has 0 bridgehead atoms. The van der Waals surface area contributed by atoms with Gasteiger partial charge in [0.25, 0.3) is 0 Å². The van der Waals surface area contributed by atoms with Crippen molar-refractivity contribution >= 4 is 34.8 Å². The van der Waals surface area contributed by atoms with Gasteiger partial charge < -0.3 is 15.5 Å². The van der Waals surface area contributed by atoms with Gasteiger partial charge in [-0.2, -0.15) is 0 Å². The summed E-state index contributed by atoms with van der Waals surface area (Å²) < 4.78 is 0. The van der Waals surface area contributed by atoms with Crippen molar-refractivity contribution in [1.29, 1.82) is 0 Å². The number of carbonyl (C=O) groups excluding carboxylic acids is 3. The Kier molecular flexibility index (Phi) is 7.83. The van der Waals surface area contributed by atoms with Crippen LogP contribution in [0.15, 0.2) is 48.5 Å². The predicted octanol–water partition coefficient (Wildman–Crippen LogP) is 4.12. The lowest BCUT2D eigenvalue weighted by Gasteiger charge is -2.33. The van der Waals surface area contributed by atoms with Gasteiger partial charge in [-0.25, -0.2) is 0 Å². The second kappa shape index (κ2) is 11.2. The fourth-order valence-corrected chi connectivity index (χ4v) is 4.81. The molecule has 2 saturated heterocycles. The second-order valence-corrected chi connectivity index (χ2v) is 9.38. The Hall–Kier alpha value is -3.35. The predicted molar refractivity (Wildman–Crippen MR) is 134 cm³/mol. The second-order valence-electron chi connectivity index (χ2n) is 9.38. The van der Waals surface area contributed by atoms with Crippen molar-refractivity contribution in [2.24, 2.45) is 11.8 Å². The zero-order chi connectivity index (χ0) is 23.9. The van der Waals surface area contributed by atoms with Crippen molar-refractivity contribution in [3.63, 3.8) is 0 Å². The van der Waals surface area contributed by atoms with Gasteiger partial charge in [0.1, 0.15) is 0 Å². The van der Waals surface area contributed by atoms with Gasteiger partial charge in [0, 0.05) is 49.5 Å². The van der Waals surface area contributed by atoms with Gasteiger partial charge in [0.15, 0.2) is 0 Å². The van der Waals surface area contributed by atoms with Crippen LogP contribution < -0.4 is 20.9 Å². The van der Waals surface area contributed by atoms with Gasteiger partial charge in [-0.15, -0.1) is 0 Å². The van der Waals surface area contributed by atoms with Crippen LogP contribution >= 0.6 is 0 Å². The Morgan fingerprint density at radius 2 is 1.53 bits per heavy atom. The van der Waals surface area contributed by atoms with Crippen molar-refractivity contribution in [2.75, 3.05) is 23.3 Å². The lowest BCUT2D eigenvalue weighted by molar-refractivity contribution is -0.140. The zero-order valence-corrected chi connectivity index (χ0v) is 19.8. The van der Waals surface area contributed by atoms with E-state index in [9.17, 15) is 14.4 Å². The molecule has 7 heteroatoms. The molecule has 0 radical (unpaired) electrons. The summed E-state index contributed by atoms with van der Waals surface area (Å²) in [5.41, 5.74) is 4.24. The van der Waals surface area contributed by atoms with Crippen LogP contribution in [-0.4, -0.2) is 30.8 Å². The molecule has 180 valence electrons. The average Bonchev–Trinajstić information content (AvgIpc) is 2.84. The van der Waals surface area contributed by atoms with E-state index in [1.54, 1.807) is 0 Å². The fraction of sp³-hybridized carbons (Fsp3) is 0.444. The van der Waals surface area contributed by atoms with Crippen molar-refractivity contribution < 1.29 is 14.4 Å². The summed E-state index contributed by atoms with van der Waals surface area (Å²) >= 11 is 0. The third-order valence-electron chi connectivity index (χ3n) is 6.77. The maximum absolute atomic E-state index is 12.3. The lowest BCUT2D eigenvalue weighted by Crippen LogP contribution is -2.44. The lowest BCUT2D eigenvalue weighted by atomic mass is 9.92. The Morgan fingerprint density at radius 3 is 2.12 bits per heavy atom. The molecule has 2 aliphatic heterocycles. The molecule has 2 aromatic carbocycles. The highest BCUT2D eigenvalue weighted by Gasteiger charge is 2.30. The first-order valence-electron chi connectivity index (χ1n) is 12.3. The van der Waals surface area contributed by atoms with Crippen LogP contribution in [0.1, 0.15) is 51.0 Å². The number of hydrogen-bond acceptors (Lipinski definition) is 5. The van der Waals surface area contributed by atoms with Gasteiger partial charge in [0.2, 0.25) is 17.7 Å². The zero-order valence-electron chi connectivity index (χ0n) is 19.8. The normalized spacial score (nSPS) is 17.4. The standard InChI is InChI=1S/C27H34N4O3/c1-2-3-19-12-14-31(15-13-19)24-10-8-23(9-11-24)29-22-6-4-20(5-7-22)18-28-27(34)21-16-25(32)30-26(33)17-21/h4-11,19,21,29H,2-3,12-18H2,1H3,(H,28,34)(H,30,32,33). The maximum Gasteiger partial charge on any atom is 0.227 e. The van der Waals surface area contributed by atoms with E-state index in [0.29, 0.717) is 6.54 Å². The minimum Gasteiger partial charge on any atom is -0.372 e. The van der Waals surface area contributed by atoms with Crippen molar-refractivity contribution in [3.05, 3.63) is 54.1 Å². The van der Waals surface area contributed by atoms with Crippen LogP contribution in [0.5, 0.6) is 0 Å². The molecule has 0 aliphatic carbocycles. The summed E-state index contributed by atoms with van der Waals surface area (Å²) in [4.78, 5) is 37.7. The summed E-state index contributed by atoms with van der Waals surface area (Å²) in [5.74, 6) is -0.753. The minimum absolute atomic E-state index is 0.0519. The molecule has 2 aromatic rings. The first kappa shape index (κ1) is 23.8. The van der Waals surface area contributed by atoms with Crippen molar-refractivity contribution in [2.45, 2.75) is 52.0 Å². The van der Waals surface area contributed by atoms with E-state index in [2.05, 4.69) is 52.0 Å². The smallest absolute Gasteiger partial charge is 0.227 e. The van der Waals surface area contributed by atoms with Crippen LogP contribution in [0.2, 0.25) is 0 Å². The Labute approximate surface area is 201 Å². The molecule has 0 aromatic heterocycles. The van der Waals surface area contributed by atoms with E-state index in [-0.39, 0.29) is 18.7 Å². The highest BCUT2D eigenvalue weighted by atomic mass is 16.2. The van der Waals surface area contributed by atoms with Crippen LogP contribution in [0.4, 0.5) is 17.1 Å². The molecule has 0 atom stereocenters. The number of amides is 3. The van der Waals surface area contributed by atoms with Crippen molar-refractivity contribution in [3.8, 4) is 0 Å². The van der Waals surface area contributed by atoms with E-state index in [0.717, 1.165) is 35.9 Å². The first-order valence-corrected chi connectivity index (χ1v) is 12.3. The molecule has 7 nitrogen and oxygen atoms in total. The average molecular weight is 463 g/mol. The number of rotatable bonds is 8. The molecular formula is C27H34N4O3. The van der Waals surface area contributed by atoms with E-state index >= 15 is 0 Å². The summed E-state index contributed by atoms with van der Waals surface area (Å²) in [5, 5.41) is 8.48. The molecule has 3 N–H and O–H groups in total. The summed E-state index contributed by atoms with van der Waals surface area (Å²) in [6, 6.07) is 16.5. The number of carbonyl (C=O) groups is 3. The van der Waals surface area contributed by atoms with Crippen molar-refractivity contribution in [1.82, 2.24) is 10.6 Å². The molecule has 2 heterocycles. The van der Waals surface area contributed by atoms with Crippen LogP contribution in [0.25, 0.3) is 0 Å². The number of imide groups is 1. The molecule has 0 spiro atoms. The molecule has 3 amide bonds. The number of anilines is 3. The monoisotopic (exact) mass is 462 g/mol. The third-order valence-corrected chi connectivity index (χ3v) is 6.77. The quantitative estimate of drug-likeness (QED) is 0.514. The highest BCUT2D eigenvalue weighted by Crippen LogP contribution is 2.27. The van der Waals surface area contributed by atoms with E-state index in [1.807, 2.05) is 24.3 Å². The van der Waals surface area contributed by atoms with E-state index in [4.69, 9.17) is 0 Å². The van der Waals surface area contributed by atoms with Crippen LogP contribution in [-0.2, 0) is 20.9 Å². The van der Waals surface area contributed by atoms with Gasteiger partial charge >= 0.3 is 0 Å². The van der Waals surface area contributed by atoms with Gasteiger partial charge in [-0.3, -0.25) is 19.7 Å². The Morgan fingerprint density at radius 1 is 0.941 bits per heavy atom. The Bertz CT molecular complexity index is 980. The highest BCUT2D eigenvalue weighted by molar-refractivity contribution is 6.02. The minimum atomic E-state index is -0.590. The fourth-order valence-electron chi connectivity index (χ4n) is 4.81. The molecule has 2 aliphatic rings. The maximum atomic E-state index is 12.3. The topological polar surface area (TPSA) is 90.5 Å². The third kappa shape index (κ3) is 6.37.